The highest BCUT2D eigenvalue weighted by atomic mass is 16.1. The highest BCUT2D eigenvalue weighted by Crippen LogP contribution is 2.21. The van der Waals surface area contributed by atoms with Gasteiger partial charge in [-0.25, -0.2) is 9.97 Å². The van der Waals surface area contributed by atoms with Gasteiger partial charge in [0, 0.05) is 24.0 Å². The minimum atomic E-state index is -0.473. The maximum absolute atomic E-state index is 11.5. The van der Waals surface area contributed by atoms with Crippen LogP contribution in [0.15, 0.2) is 12.4 Å². The van der Waals surface area contributed by atoms with Crippen molar-refractivity contribution in [1.29, 1.82) is 0 Å². The van der Waals surface area contributed by atoms with E-state index in [2.05, 4.69) is 15.3 Å². The average Bonchev–Trinajstić information content (AvgIpc) is 2.80. The van der Waals surface area contributed by atoms with E-state index < -0.39 is 6.04 Å². The van der Waals surface area contributed by atoms with Gasteiger partial charge in [0.15, 0.2) is 0 Å². The molecule has 0 spiro atoms. The molecule has 1 saturated carbocycles. The highest BCUT2D eigenvalue weighted by molar-refractivity contribution is 5.81. The van der Waals surface area contributed by atoms with Gasteiger partial charge in [-0.1, -0.05) is 12.8 Å². The van der Waals surface area contributed by atoms with Crippen LogP contribution >= 0.6 is 0 Å². The van der Waals surface area contributed by atoms with Crippen LogP contribution in [0, 0.1) is 6.92 Å². The molecule has 0 aliphatic heterocycles. The number of aryl methyl sites for hydroxylation is 1. The van der Waals surface area contributed by atoms with Crippen molar-refractivity contribution >= 4 is 5.91 Å². The van der Waals surface area contributed by atoms with Crippen LogP contribution in [0.5, 0.6) is 0 Å². The minimum Gasteiger partial charge on any atom is -0.368 e. The molecule has 0 radical (unpaired) electrons. The van der Waals surface area contributed by atoms with Crippen molar-refractivity contribution in [3.63, 3.8) is 0 Å². The SMILES string of the molecule is Cc1ncc(C(NC2CCCC2)C(N)=O)cn1. The number of hydrogen-bond donors (Lipinski definition) is 2. The molecule has 3 N–H and O–H groups in total. The van der Waals surface area contributed by atoms with E-state index in [0.29, 0.717) is 11.9 Å². The molecule has 1 aromatic heterocycles. The summed E-state index contributed by atoms with van der Waals surface area (Å²) in [6.07, 6.45) is 7.98. The van der Waals surface area contributed by atoms with Crippen molar-refractivity contribution in [3.05, 3.63) is 23.8 Å². The Labute approximate surface area is 101 Å². The standard InChI is InChI=1S/C12H18N4O/c1-8-14-6-9(7-15-8)11(12(13)17)16-10-4-2-3-5-10/h6-7,10-11,16H,2-5H2,1H3,(H2,13,17). The van der Waals surface area contributed by atoms with E-state index in [0.717, 1.165) is 18.4 Å². The van der Waals surface area contributed by atoms with Crippen LogP contribution in [0.4, 0.5) is 0 Å². The lowest BCUT2D eigenvalue weighted by Gasteiger charge is -2.20. The van der Waals surface area contributed by atoms with Crippen LogP contribution in [0.1, 0.15) is 43.1 Å². The predicted octanol–water partition coefficient (Wildman–Crippen LogP) is 0.844. The van der Waals surface area contributed by atoms with Gasteiger partial charge < -0.3 is 5.73 Å². The number of carbonyl (C=O) groups is 1. The Morgan fingerprint density at radius 1 is 1.41 bits per heavy atom. The van der Waals surface area contributed by atoms with Crippen LogP contribution in [0.2, 0.25) is 0 Å². The zero-order valence-corrected chi connectivity index (χ0v) is 10.0. The largest absolute Gasteiger partial charge is 0.368 e. The van der Waals surface area contributed by atoms with E-state index in [1.165, 1.54) is 12.8 Å². The first-order valence-corrected chi connectivity index (χ1v) is 6.00. The maximum Gasteiger partial charge on any atom is 0.239 e. The van der Waals surface area contributed by atoms with Gasteiger partial charge in [-0.2, -0.15) is 0 Å². The molecular weight excluding hydrogens is 216 g/mol. The summed E-state index contributed by atoms with van der Waals surface area (Å²) in [5.74, 6) is 0.321. The summed E-state index contributed by atoms with van der Waals surface area (Å²) in [4.78, 5) is 19.7. The second-order valence-corrected chi connectivity index (χ2v) is 4.55. The second kappa shape index (κ2) is 5.23. The lowest BCUT2D eigenvalue weighted by atomic mass is 10.1. The number of carbonyl (C=O) groups excluding carboxylic acids is 1. The van der Waals surface area contributed by atoms with Crippen molar-refractivity contribution in [3.8, 4) is 0 Å². The fourth-order valence-corrected chi connectivity index (χ4v) is 2.22. The topological polar surface area (TPSA) is 80.9 Å². The molecule has 2 rings (SSSR count). The molecule has 1 amide bonds. The van der Waals surface area contributed by atoms with Gasteiger partial charge in [0.25, 0.3) is 0 Å². The lowest BCUT2D eigenvalue weighted by molar-refractivity contribution is -0.120. The number of hydrogen-bond acceptors (Lipinski definition) is 4. The Bertz CT molecular complexity index is 384. The molecule has 1 atom stereocenters. The summed E-state index contributed by atoms with van der Waals surface area (Å²) >= 11 is 0. The molecular formula is C12H18N4O. The fraction of sp³-hybridized carbons (Fsp3) is 0.583. The summed E-state index contributed by atoms with van der Waals surface area (Å²) in [6.45, 7) is 1.81. The average molecular weight is 234 g/mol. The molecule has 1 fully saturated rings. The summed E-state index contributed by atoms with van der Waals surface area (Å²) in [5, 5.41) is 3.30. The summed E-state index contributed by atoms with van der Waals surface area (Å²) in [6, 6.07) is -0.0903. The van der Waals surface area contributed by atoms with Gasteiger partial charge >= 0.3 is 0 Å². The van der Waals surface area contributed by atoms with Gasteiger partial charge in [-0.15, -0.1) is 0 Å². The Morgan fingerprint density at radius 2 is 2.00 bits per heavy atom. The molecule has 17 heavy (non-hydrogen) atoms. The monoisotopic (exact) mass is 234 g/mol. The van der Waals surface area contributed by atoms with Gasteiger partial charge in [0.2, 0.25) is 5.91 Å². The molecule has 1 aliphatic carbocycles. The lowest BCUT2D eigenvalue weighted by Crippen LogP contribution is -2.39. The Kier molecular flexibility index (Phi) is 3.68. The summed E-state index contributed by atoms with van der Waals surface area (Å²) in [7, 11) is 0. The molecule has 0 bridgehead atoms. The predicted molar refractivity (Wildman–Crippen MR) is 64.1 cm³/mol. The number of rotatable bonds is 4. The third-order valence-electron chi connectivity index (χ3n) is 3.18. The smallest absolute Gasteiger partial charge is 0.239 e. The van der Waals surface area contributed by atoms with Crippen LogP contribution in [0.25, 0.3) is 0 Å². The number of amides is 1. The van der Waals surface area contributed by atoms with Gasteiger partial charge in [-0.3, -0.25) is 10.1 Å². The van der Waals surface area contributed by atoms with E-state index in [4.69, 9.17) is 5.73 Å². The fourth-order valence-electron chi connectivity index (χ4n) is 2.22. The first-order chi connectivity index (χ1) is 8.16. The highest BCUT2D eigenvalue weighted by Gasteiger charge is 2.24. The van der Waals surface area contributed by atoms with Crippen LogP contribution < -0.4 is 11.1 Å². The Morgan fingerprint density at radius 3 is 2.53 bits per heavy atom. The van der Waals surface area contributed by atoms with Crippen molar-refractivity contribution < 1.29 is 4.79 Å². The Hall–Kier alpha value is -1.49. The van der Waals surface area contributed by atoms with E-state index in [9.17, 15) is 4.79 Å². The first kappa shape index (κ1) is 12.0. The number of primary amides is 1. The van der Waals surface area contributed by atoms with E-state index >= 15 is 0 Å². The molecule has 92 valence electrons. The van der Waals surface area contributed by atoms with Gasteiger partial charge in [0.1, 0.15) is 11.9 Å². The van der Waals surface area contributed by atoms with Crippen molar-refractivity contribution in [2.24, 2.45) is 5.73 Å². The van der Waals surface area contributed by atoms with Crippen molar-refractivity contribution in [2.75, 3.05) is 0 Å². The molecule has 1 unspecified atom stereocenters. The van der Waals surface area contributed by atoms with E-state index in [1.807, 2.05) is 6.92 Å². The number of nitrogens with zero attached hydrogens (tertiary/aromatic N) is 2. The second-order valence-electron chi connectivity index (χ2n) is 4.55. The molecule has 1 aliphatic rings. The molecule has 0 aromatic carbocycles. The number of aromatic nitrogens is 2. The van der Waals surface area contributed by atoms with Crippen LogP contribution in [0.3, 0.4) is 0 Å². The number of nitrogens with one attached hydrogen (secondary N) is 1. The maximum atomic E-state index is 11.5. The quantitative estimate of drug-likeness (QED) is 0.809. The normalized spacial score (nSPS) is 18.2. The Balaban J connectivity index is 2.10. The van der Waals surface area contributed by atoms with E-state index in [-0.39, 0.29) is 5.91 Å². The zero-order valence-electron chi connectivity index (χ0n) is 10.0. The molecule has 5 heteroatoms. The minimum absolute atomic E-state index is 0.371. The zero-order chi connectivity index (χ0) is 12.3. The van der Waals surface area contributed by atoms with Gasteiger partial charge in [-0.05, 0) is 19.8 Å². The first-order valence-electron chi connectivity index (χ1n) is 6.00. The summed E-state index contributed by atoms with van der Waals surface area (Å²) in [5.41, 5.74) is 6.17. The molecule has 1 aromatic rings. The van der Waals surface area contributed by atoms with E-state index in [1.54, 1.807) is 12.4 Å². The van der Waals surface area contributed by atoms with Crippen LogP contribution in [-0.4, -0.2) is 21.9 Å². The molecule has 5 nitrogen and oxygen atoms in total. The molecule has 0 saturated heterocycles. The van der Waals surface area contributed by atoms with Crippen LogP contribution in [-0.2, 0) is 4.79 Å². The summed E-state index contributed by atoms with van der Waals surface area (Å²) < 4.78 is 0. The third kappa shape index (κ3) is 3.00. The van der Waals surface area contributed by atoms with Crippen molar-refractivity contribution in [1.82, 2.24) is 15.3 Å². The van der Waals surface area contributed by atoms with Gasteiger partial charge in [0.05, 0.1) is 0 Å². The molecule has 1 heterocycles. The third-order valence-corrected chi connectivity index (χ3v) is 3.18. The number of nitrogens with two attached hydrogens (primary N) is 1. The van der Waals surface area contributed by atoms with Crippen molar-refractivity contribution in [2.45, 2.75) is 44.7 Å².